The highest BCUT2D eigenvalue weighted by molar-refractivity contribution is 7.92. The van der Waals surface area contributed by atoms with Crippen LogP contribution in [0.4, 0.5) is 5.69 Å². The Morgan fingerprint density at radius 3 is 2.22 bits per heavy atom. The van der Waals surface area contributed by atoms with E-state index in [0.29, 0.717) is 18.0 Å². The molecule has 0 bridgehead atoms. The van der Waals surface area contributed by atoms with Crippen molar-refractivity contribution in [3.63, 3.8) is 0 Å². The quantitative estimate of drug-likeness (QED) is 0.280. The number of hydrogen-bond donors (Lipinski definition) is 1. The summed E-state index contributed by atoms with van der Waals surface area (Å²) in [6.07, 6.45) is 1.73. The average Bonchev–Trinajstić information content (AvgIpc) is 2.99. The van der Waals surface area contributed by atoms with Gasteiger partial charge < -0.3 is 19.7 Å². The Balaban J connectivity index is 2.06. The topological polar surface area (TPSA) is 105 Å². The summed E-state index contributed by atoms with van der Waals surface area (Å²) in [5.41, 5.74) is 2.03. The van der Waals surface area contributed by atoms with Crippen LogP contribution in [0.3, 0.4) is 0 Å². The first-order chi connectivity index (χ1) is 19.6. The highest BCUT2D eigenvalue weighted by atomic mass is 32.2. The minimum atomic E-state index is -4.18. The lowest BCUT2D eigenvalue weighted by Gasteiger charge is -2.32. The van der Waals surface area contributed by atoms with Gasteiger partial charge >= 0.3 is 0 Å². The predicted molar refractivity (Wildman–Crippen MR) is 160 cm³/mol. The number of carbonyl (C=O) groups excluding carboxylic acids is 2. The molecule has 2 amide bonds. The maximum atomic E-state index is 14.1. The van der Waals surface area contributed by atoms with Crippen LogP contribution in [0, 0.1) is 6.92 Å². The van der Waals surface area contributed by atoms with Gasteiger partial charge in [-0.1, -0.05) is 55.8 Å². The van der Waals surface area contributed by atoms with Crippen molar-refractivity contribution in [1.29, 1.82) is 0 Å². The summed E-state index contributed by atoms with van der Waals surface area (Å²) in [5, 5.41) is 2.89. The van der Waals surface area contributed by atoms with Gasteiger partial charge in [0.15, 0.2) is 11.5 Å². The molecule has 0 aromatic heterocycles. The van der Waals surface area contributed by atoms with Gasteiger partial charge in [-0.3, -0.25) is 13.9 Å². The number of hydrogen-bond acceptors (Lipinski definition) is 6. The summed E-state index contributed by atoms with van der Waals surface area (Å²) in [6.45, 7) is 5.71. The predicted octanol–water partition coefficient (Wildman–Crippen LogP) is 4.54. The largest absolute Gasteiger partial charge is 0.493 e. The molecule has 3 aromatic rings. The van der Waals surface area contributed by atoms with Crippen LogP contribution in [-0.4, -0.2) is 58.5 Å². The summed E-state index contributed by atoms with van der Waals surface area (Å²) in [6, 6.07) is 19.3. The smallest absolute Gasteiger partial charge is 0.264 e. The molecule has 0 saturated heterocycles. The van der Waals surface area contributed by atoms with Crippen LogP contribution in [0.15, 0.2) is 77.7 Å². The number of ether oxygens (including phenoxy) is 2. The zero-order chi connectivity index (χ0) is 30.0. The second-order valence-electron chi connectivity index (χ2n) is 9.63. The van der Waals surface area contributed by atoms with Gasteiger partial charge in [-0.2, -0.15) is 0 Å². The van der Waals surface area contributed by atoms with Crippen LogP contribution in [-0.2, 0) is 26.2 Å². The summed E-state index contributed by atoms with van der Waals surface area (Å²) in [5.74, 6) is -0.103. The first-order valence-electron chi connectivity index (χ1n) is 13.6. The van der Waals surface area contributed by atoms with Crippen molar-refractivity contribution in [3.8, 4) is 11.5 Å². The SMILES string of the molecule is CCCCNC(=O)[C@@H](C)N(Cc1ccccc1C)C(=O)CN(c1ccc(OC)c(OC)c1)S(=O)(=O)c1ccccc1. The molecule has 1 N–H and O–H groups in total. The standard InChI is InChI=1S/C31H39N3O6S/c1-6-7-19-32-31(36)24(3)33(21-25-14-12-11-13-23(25)2)30(35)22-34(41(37,38)27-15-9-8-10-16-27)26-17-18-28(39-4)29(20-26)40-5/h8-18,20,24H,6-7,19,21-22H2,1-5H3,(H,32,36)/t24-/m1/s1. The molecule has 3 rings (SSSR count). The van der Waals surface area contributed by atoms with Gasteiger partial charge in [-0.05, 0) is 55.7 Å². The molecule has 41 heavy (non-hydrogen) atoms. The third kappa shape index (κ3) is 7.79. The zero-order valence-corrected chi connectivity index (χ0v) is 25.1. The number of aryl methyl sites for hydroxylation is 1. The van der Waals surface area contributed by atoms with Crippen molar-refractivity contribution in [2.24, 2.45) is 0 Å². The van der Waals surface area contributed by atoms with Crippen molar-refractivity contribution in [3.05, 3.63) is 83.9 Å². The fraction of sp³-hybridized carbons (Fsp3) is 0.355. The van der Waals surface area contributed by atoms with Crippen LogP contribution in [0.5, 0.6) is 11.5 Å². The molecule has 3 aromatic carbocycles. The number of carbonyl (C=O) groups is 2. The number of unbranched alkanes of at least 4 members (excludes halogenated alkanes) is 1. The third-order valence-electron chi connectivity index (χ3n) is 6.86. The maximum absolute atomic E-state index is 14.1. The third-order valence-corrected chi connectivity index (χ3v) is 8.65. The van der Waals surface area contributed by atoms with E-state index in [1.165, 1.54) is 37.3 Å². The summed E-state index contributed by atoms with van der Waals surface area (Å²) in [4.78, 5) is 28.6. The van der Waals surface area contributed by atoms with Gasteiger partial charge in [0.1, 0.15) is 12.6 Å². The monoisotopic (exact) mass is 581 g/mol. The van der Waals surface area contributed by atoms with Crippen molar-refractivity contribution < 1.29 is 27.5 Å². The van der Waals surface area contributed by atoms with Crippen molar-refractivity contribution in [2.45, 2.75) is 51.1 Å². The van der Waals surface area contributed by atoms with Crippen LogP contribution in [0.1, 0.15) is 37.8 Å². The molecule has 9 nitrogen and oxygen atoms in total. The number of nitrogens with zero attached hydrogens (tertiary/aromatic N) is 2. The second kappa shape index (κ2) is 14.5. The Morgan fingerprint density at radius 1 is 0.927 bits per heavy atom. The number of rotatable bonds is 14. The lowest BCUT2D eigenvalue weighted by Crippen LogP contribution is -2.51. The number of amides is 2. The Labute approximate surface area is 243 Å². The fourth-order valence-electron chi connectivity index (χ4n) is 4.32. The highest BCUT2D eigenvalue weighted by Gasteiger charge is 2.33. The second-order valence-corrected chi connectivity index (χ2v) is 11.5. The fourth-order valence-corrected chi connectivity index (χ4v) is 5.75. The van der Waals surface area contributed by atoms with Gasteiger partial charge in [0.05, 0.1) is 24.8 Å². The minimum Gasteiger partial charge on any atom is -0.493 e. The molecule has 0 saturated carbocycles. The van der Waals surface area contributed by atoms with E-state index in [1.807, 2.05) is 38.1 Å². The van der Waals surface area contributed by atoms with Crippen molar-refractivity contribution in [2.75, 3.05) is 31.6 Å². The number of anilines is 1. The lowest BCUT2D eigenvalue weighted by molar-refractivity contribution is -0.139. The molecule has 0 aliphatic carbocycles. The molecule has 0 heterocycles. The summed E-state index contributed by atoms with van der Waals surface area (Å²) < 4.78 is 39.7. The number of benzene rings is 3. The lowest BCUT2D eigenvalue weighted by atomic mass is 10.1. The number of methoxy groups -OCH3 is 2. The van der Waals surface area contributed by atoms with Gasteiger partial charge in [-0.15, -0.1) is 0 Å². The molecular weight excluding hydrogens is 542 g/mol. The van der Waals surface area contributed by atoms with Crippen LogP contribution < -0.4 is 19.1 Å². The molecule has 0 fully saturated rings. The molecule has 0 radical (unpaired) electrons. The summed E-state index contributed by atoms with van der Waals surface area (Å²) in [7, 11) is -1.25. The molecule has 10 heteroatoms. The van der Waals surface area contributed by atoms with E-state index >= 15 is 0 Å². The number of sulfonamides is 1. The summed E-state index contributed by atoms with van der Waals surface area (Å²) >= 11 is 0. The normalized spacial score (nSPS) is 11.8. The first kappa shape index (κ1) is 31.5. The Morgan fingerprint density at radius 2 is 1.59 bits per heavy atom. The van der Waals surface area contributed by atoms with Gasteiger partial charge in [0.25, 0.3) is 10.0 Å². The maximum Gasteiger partial charge on any atom is 0.264 e. The van der Waals surface area contributed by atoms with Crippen molar-refractivity contribution >= 4 is 27.5 Å². The van der Waals surface area contributed by atoms with Crippen molar-refractivity contribution in [1.82, 2.24) is 10.2 Å². The molecule has 0 unspecified atom stereocenters. The Hall–Kier alpha value is -4.05. The van der Waals surface area contributed by atoms with Gasteiger partial charge in [-0.25, -0.2) is 8.42 Å². The van der Waals surface area contributed by atoms with E-state index in [-0.39, 0.29) is 23.0 Å². The van der Waals surface area contributed by atoms with E-state index in [0.717, 1.165) is 28.3 Å². The van der Waals surface area contributed by atoms with E-state index in [9.17, 15) is 18.0 Å². The molecule has 0 aliphatic heterocycles. The molecular formula is C31H39N3O6S. The van der Waals surface area contributed by atoms with Gasteiger partial charge in [0, 0.05) is 19.2 Å². The van der Waals surface area contributed by atoms with E-state index < -0.39 is 28.5 Å². The minimum absolute atomic E-state index is 0.0263. The average molecular weight is 582 g/mol. The first-order valence-corrected chi connectivity index (χ1v) is 15.0. The van der Waals surface area contributed by atoms with Crippen LogP contribution in [0.2, 0.25) is 0 Å². The Kier molecular flexibility index (Phi) is 11.2. The molecule has 0 aliphatic rings. The van der Waals surface area contributed by atoms with Gasteiger partial charge in [0.2, 0.25) is 11.8 Å². The van der Waals surface area contributed by atoms with E-state index in [1.54, 1.807) is 37.3 Å². The van der Waals surface area contributed by atoms with Crippen LogP contribution in [0.25, 0.3) is 0 Å². The molecule has 0 spiro atoms. The number of nitrogens with one attached hydrogen (secondary N) is 1. The van der Waals surface area contributed by atoms with Crippen LogP contribution >= 0.6 is 0 Å². The highest BCUT2D eigenvalue weighted by Crippen LogP contribution is 2.34. The Bertz CT molecular complexity index is 1430. The molecule has 220 valence electrons. The molecule has 1 atom stereocenters. The zero-order valence-electron chi connectivity index (χ0n) is 24.3. The van der Waals surface area contributed by atoms with E-state index in [4.69, 9.17) is 9.47 Å². The van der Waals surface area contributed by atoms with E-state index in [2.05, 4.69) is 5.32 Å².